The number of halogens is 3. The van der Waals surface area contributed by atoms with Gasteiger partial charge in [-0.2, -0.15) is 13.2 Å². The Morgan fingerprint density at radius 2 is 1.75 bits per heavy atom. The number of carbonyl (C=O) groups is 2. The first-order valence-corrected chi connectivity index (χ1v) is 9.92. The molecule has 0 unspecified atom stereocenters. The average molecular weight is 409 g/mol. The van der Waals surface area contributed by atoms with Crippen LogP contribution in [-0.2, 0) is 11.0 Å². The van der Waals surface area contributed by atoms with E-state index in [1.165, 1.54) is 6.07 Å². The van der Waals surface area contributed by atoms with E-state index in [1.807, 2.05) is 0 Å². The summed E-state index contributed by atoms with van der Waals surface area (Å²) in [7, 11) is 0. The molecule has 1 aliphatic carbocycles. The summed E-state index contributed by atoms with van der Waals surface area (Å²) in [6, 6.07) is 4.92. The van der Waals surface area contributed by atoms with E-state index in [0.717, 1.165) is 36.3 Å². The Morgan fingerprint density at radius 1 is 1.07 bits per heavy atom. The molecule has 2 fully saturated rings. The Morgan fingerprint density at radius 3 is 2.39 bits per heavy atom. The Kier molecular flexibility index (Phi) is 4.86. The summed E-state index contributed by atoms with van der Waals surface area (Å²) in [5, 5.41) is 1.94. The van der Waals surface area contributed by atoms with Crippen LogP contribution in [0.5, 0.6) is 0 Å². The molecule has 2 aliphatic rings. The van der Waals surface area contributed by atoms with Crippen LogP contribution < -0.4 is 0 Å². The molecule has 2 heterocycles. The Bertz CT molecular complexity index is 900. The molecule has 9 heteroatoms. The molecule has 28 heavy (non-hydrogen) atoms. The first-order valence-electron chi connectivity index (χ1n) is 9.04. The first kappa shape index (κ1) is 18.9. The molecule has 1 aromatic carbocycles. The van der Waals surface area contributed by atoms with Gasteiger partial charge in [0.25, 0.3) is 5.91 Å². The fraction of sp³-hybridized carbons (Fsp3) is 0.421. The van der Waals surface area contributed by atoms with Gasteiger partial charge in [-0.15, -0.1) is 11.3 Å². The van der Waals surface area contributed by atoms with Gasteiger partial charge in [-0.3, -0.25) is 9.59 Å². The zero-order chi connectivity index (χ0) is 19.9. The lowest BCUT2D eigenvalue weighted by molar-refractivity contribution is -0.137. The van der Waals surface area contributed by atoms with Crippen LogP contribution >= 0.6 is 11.3 Å². The van der Waals surface area contributed by atoms with Gasteiger partial charge in [0.05, 0.1) is 5.56 Å². The standard InChI is InChI=1S/C19H18F3N3O2S/c20-19(21,22)14-3-1-2-13(10-14)16-23-15(11-28-16)18(27)25-8-6-24(7-9-25)17(26)12-4-5-12/h1-3,10-12H,4-9H2. The highest BCUT2D eigenvalue weighted by atomic mass is 32.1. The number of rotatable bonds is 3. The van der Waals surface area contributed by atoms with Crippen molar-refractivity contribution >= 4 is 23.2 Å². The molecule has 0 N–H and O–H groups in total. The zero-order valence-corrected chi connectivity index (χ0v) is 15.7. The maximum absolute atomic E-state index is 12.9. The highest BCUT2D eigenvalue weighted by Crippen LogP contribution is 2.33. The molecule has 1 aliphatic heterocycles. The topological polar surface area (TPSA) is 53.5 Å². The summed E-state index contributed by atoms with van der Waals surface area (Å²) >= 11 is 1.14. The number of amides is 2. The van der Waals surface area contributed by atoms with Gasteiger partial charge in [-0.25, -0.2) is 4.98 Å². The number of piperazine rings is 1. The fourth-order valence-electron chi connectivity index (χ4n) is 3.21. The molecule has 2 amide bonds. The van der Waals surface area contributed by atoms with Gasteiger partial charge < -0.3 is 9.80 Å². The molecule has 2 aromatic rings. The lowest BCUT2D eigenvalue weighted by Gasteiger charge is -2.34. The van der Waals surface area contributed by atoms with Gasteiger partial charge in [-0.1, -0.05) is 12.1 Å². The van der Waals surface area contributed by atoms with Crippen LogP contribution in [0, 0.1) is 5.92 Å². The van der Waals surface area contributed by atoms with Crippen molar-refractivity contribution in [2.45, 2.75) is 19.0 Å². The number of nitrogens with zero attached hydrogens (tertiary/aromatic N) is 3. The van der Waals surface area contributed by atoms with Crippen molar-refractivity contribution in [2.24, 2.45) is 5.92 Å². The lowest BCUT2D eigenvalue weighted by Crippen LogP contribution is -2.51. The normalized spacial score (nSPS) is 17.7. The van der Waals surface area contributed by atoms with Crippen LogP contribution in [0.3, 0.4) is 0 Å². The predicted octanol–water partition coefficient (Wildman–Crippen LogP) is 3.52. The lowest BCUT2D eigenvalue weighted by atomic mass is 10.1. The maximum Gasteiger partial charge on any atom is 0.416 e. The molecule has 4 rings (SSSR count). The van der Waals surface area contributed by atoms with Gasteiger partial charge in [0.2, 0.25) is 5.91 Å². The molecule has 0 atom stereocenters. The molecular formula is C19H18F3N3O2S. The van der Waals surface area contributed by atoms with E-state index in [-0.39, 0.29) is 23.4 Å². The Labute approximate surface area is 163 Å². The van der Waals surface area contributed by atoms with Crippen LogP contribution in [-0.4, -0.2) is 52.8 Å². The minimum absolute atomic E-state index is 0.163. The molecule has 1 saturated carbocycles. The second kappa shape index (κ2) is 7.20. The van der Waals surface area contributed by atoms with Gasteiger partial charge in [0.1, 0.15) is 10.7 Å². The molecule has 0 radical (unpaired) electrons. The molecule has 1 aromatic heterocycles. The van der Waals surface area contributed by atoms with Gasteiger partial charge >= 0.3 is 6.18 Å². The third kappa shape index (κ3) is 3.89. The Hall–Kier alpha value is -2.42. The molecule has 1 saturated heterocycles. The van der Waals surface area contributed by atoms with E-state index in [9.17, 15) is 22.8 Å². The van der Waals surface area contributed by atoms with Crippen LogP contribution in [0.4, 0.5) is 13.2 Å². The van der Waals surface area contributed by atoms with Crippen LogP contribution in [0.2, 0.25) is 0 Å². The third-order valence-corrected chi connectivity index (χ3v) is 5.86. The van der Waals surface area contributed by atoms with Crippen LogP contribution in [0.25, 0.3) is 10.6 Å². The highest BCUT2D eigenvalue weighted by molar-refractivity contribution is 7.13. The van der Waals surface area contributed by atoms with E-state index in [2.05, 4.69) is 4.98 Å². The number of carbonyl (C=O) groups excluding carboxylic acids is 2. The molecule has 0 spiro atoms. The largest absolute Gasteiger partial charge is 0.416 e. The monoisotopic (exact) mass is 409 g/mol. The van der Waals surface area contributed by atoms with Crippen molar-refractivity contribution < 1.29 is 22.8 Å². The summed E-state index contributed by atoms with van der Waals surface area (Å²) in [5.41, 5.74) is -0.192. The van der Waals surface area contributed by atoms with Crippen molar-refractivity contribution in [1.82, 2.24) is 14.8 Å². The summed E-state index contributed by atoms with van der Waals surface area (Å²) in [4.78, 5) is 32.5. The third-order valence-electron chi connectivity index (χ3n) is 4.97. The minimum Gasteiger partial charge on any atom is -0.339 e. The number of alkyl halides is 3. The van der Waals surface area contributed by atoms with Crippen molar-refractivity contribution in [3.63, 3.8) is 0 Å². The molecular weight excluding hydrogens is 391 g/mol. The number of hydrogen-bond donors (Lipinski definition) is 0. The van der Waals surface area contributed by atoms with Crippen molar-refractivity contribution in [3.05, 3.63) is 40.9 Å². The summed E-state index contributed by atoms with van der Waals surface area (Å²) in [6.45, 7) is 1.89. The number of hydrogen-bond acceptors (Lipinski definition) is 4. The quantitative estimate of drug-likeness (QED) is 0.780. The Balaban J connectivity index is 1.43. The number of aromatic nitrogens is 1. The summed E-state index contributed by atoms with van der Waals surface area (Å²) < 4.78 is 38.7. The van der Waals surface area contributed by atoms with E-state index in [4.69, 9.17) is 0 Å². The first-order chi connectivity index (χ1) is 13.3. The average Bonchev–Trinajstić information content (AvgIpc) is 3.43. The highest BCUT2D eigenvalue weighted by Gasteiger charge is 2.35. The van der Waals surface area contributed by atoms with Crippen molar-refractivity contribution in [1.29, 1.82) is 0 Å². The zero-order valence-electron chi connectivity index (χ0n) is 14.9. The van der Waals surface area contributed by atoms with Crippen molar-refractivity contribution in [3.8, 4) is 10.6 Å². The second-order valence-corrected chi connectivity index (χ2v) is 7.87. The SMILES string of the molecule is O=C(c1csc(-c2cccc(C(F)(F)F)c2)n1)N1CCN(C(=O)C2CC2)CC1. The summed E-state index contributed by atoms with van der Waals surface area (Å²) in [6.07, 6.45) is -2.52. The molecule has 5 nitrogen and oxygen atoms in total. The van der Waals surface area contributed by atoms with Gasteiger partial charge in [0.15, 0.2) is 0 Å². The second-order valence-electron chi connectivity index (χ2n) is 7.01. The smallest absolute Gasteiger partial charge is 0.339 e. The number of benzene rings is 1. The maximum atomic E-state index is 12.9. The van der Waals surface area contributed by atoms with E-state index < -0.39 is 11.7 Å². The van der Waals surface area contributed by atoms with E-state index in [0.29, 0.717) is 36.8 Å². The van der Waals surface area contributed by atoms with E-state index >= 15 is 0 Å². The number of thiazole rings is 1. The van der Waals surface area contributed by atoms with Gasteiger partial charge in [-0.05, 0) is 25.0 Å². The minimum atomic E-state index is -4.43. The van der Waals surface area contributed by atoms with Crippen LogP contribution in [0.1, 0.15) is 28.9 Å². The van der Waals surface area contributed by atoms with Gasteiger partial charge in [0, 0.05) is 43.0 Å². The van der Waals surface area contributed by atoms with Crippen molar-refractivity contribution in [2.75, 3.05) is 26.2 Å². The molecule has 0 bridgehead atoms. The predicted molar refractivity (Wildman–Crippen MR) is 97.8 cm³/mol. The summed E-state index contributed by atoms with van der Waals surface area (Å²) in [5.74, 6) is 0.0800. The fourth-order valence-corrected chi connectivity index (χ4v) is 4.00. The van der Waals surface area contributed by atoms with E-state index in [1.54, 1.807) is 21.2 Å². The van der Waals surface area contributed by atoms with Crippen LogP contribution in [0.15, 0.2) is 29.6 Å². The molecule has 148 valence electrons.